The maximum absolute atomic E-state index is 11.8. The third-order valence-electron chi connectivity index (χ3n) is 3.11. The van der Waals surface area contributed by atoms with Crippen molar-refractivity contribution in [2.75, 3.05) is 0 Å². The standard InChI is InChI=1S/C16H14O6/c1-9-5-3-7-11(13(9)17)15(19)21-22-16(20)12-8-4-6-10(2)14(12)18/h3-8,17-18H,1-2H3. The first kappa shape index (κ1) is 15.4. The van der Waals surface area contributed by atoms with Gasteiger partial charge < -0.3 is 10.2 Å². The smallest absolute Gasteiger partial charge is 0.390 e. The van der Waals surface area contributed by atoms with Crippen LogP contribution in [0.3, 0.4) is 0 Å². The fraction of sp³-hybridized carbons (Fsp3) is 0.125. The van der Waals surface area contributed by atoms with E-state index < -0.39 is 11.9 Å². The average Bonchev–Trinajstić information content (AvgIpc) is 2.50. The van der Waals surface area contributed by atoms with Crippen molar-refractivity contribution >= 4 is 11.9 Å². The van der Waals surface area contributed by atoms with Gasteiger partial charge in [0.25, 0.3) is 0 Å². The largest absolute Gasteiger partial charge is 0.507 e. The van der Waals surface area contributed by atoms with Gasteiger partial charge in [-0.15, -0.1) is 0 Å². The van der Waals surface area contributed by atoms with E-state index in [1.807, 2.05) is 0 Å². The van der Waals surface area contributed by atoms with E-state index in [9.17, 15) is 19.8 Å². The molecule has 0 fully saturated rings. The van der Waals surface area contributed by atoms with Gasteiger partial charge in [-0.1, -0.05) is 24.3 Å². The van der Waals surface area contributed by atoms with E-state index in [0.29, 0.717) is 11.1 Å². The molecule has 0 aliphatic carbocycles. The van der Waals surface area contributed by atoms with E-state index in [2.05, 4.69) is 9.78 Å². The van der Waals surface area contributed by atoms with Gasteiger partial charge in [-0.25, -0.2) is 19.4 Å². The summed E-state index contributed by atoms with van der Waals surface area (Å²) < 4.78 is 0. The van der Waals surface area contributed by atoms with Crippen LogP contribution in [0.2, 0.25) is 0 Å². The monoisotopic (exact) mass is 302 g/mol. The Hall–Kier alpha value is -3.02. The molecule has 0 aliphatic rings. The molecule has 22 heavy (non-hydrogen) atoms. The van der Waals surface area contributed by atoms with Crippen LogP contribution in [-0.2, 0) is 9.78 Å². The van der Waals surface area contributed by atoms with Crippen LogP contribution in [0.4, 0.5) is 0 Å². The van der Waals surface area contributed by atoms with Crippen LogP contribution in [0.25, 0.3) is 0 Å². The highest BCUT2D eigenvalue weighted by atomic mass is 17.2. The van der Waals surface area contributed by atoms with Crippen LogP contribution >= 0.6 is 0 Å². The van der Waals surface area contributed by atoms with Gasteiger partial charge >= 0.3 is 11.9 Å². The molecular formula is C16H14O6. The van der Waals surface area contributed by atoms with E-state index in [1.165, 1.54) is 12.1 Å². The molecule has 2 N–H and O–H groups in total. The van der Waals surface area contributed by atoms with E-state index >= 15 is 0 Å². The van der Waals surface area contributed by atoms with Crippen molar-refractivity contribution in [3.05, 3.63) is 58.7 Å². The van der Waals surface area contributed by atoms with Gasteiger partial charge in [0.2, 0.25) is 0 Å². The van der Waals surface area contributed by atoms with Crippen LogP contribution in [0.5, 0.6) is 11.5 Å². The summed E-state index contributed by atoms with van der Waals surface area (Å²) in [6, 6.07) is 9.01. The fourth-order valence-electron chi connectivity index (χ4n) is 1.81. The Bertz CT molecular complexity index is 672. The Morgan fingerprint density at radius 2 is 1.14 bits per heavy atom. The summed E-state index contributed by atoms with van der Waals surface area (Å²) in [4.78, 5) is 32.4. The third kappa shape index (κ3) is 3.01. The molecule has 6 nitrogen and oxygen atoms in total. The number of phenolic OH excluding ortho intramolecular Hbond substituents is 2. The number of hydrogen-bond donors (Lipinski definition) is 2. The lowest BCUT2D eigenvalue weighted by Crippen LogP contribution is -2.12. The van der Waals surface area contributed by atoms with Crippen LogP contribution in [0.1, 0.15) is 31.8 Å². The topological polar surface area (TPSA) is 93.1 Å². The van der Waals surface area contributed by atoms with Crippen molar-refractivity contribution in [2.24, 2.45) is 0 Å². The summed E-state index contributed by atoms with van der Waals surface area (Å²) in [5, 5.41) is 19.5. The number of aromatic hydroxyl groups is 2. The second-order valence-corrected chi connectivity index (χ2v) is 4.68. The Labute approximate surface area is 126 Å². The number of carbonyl (C=O) groups excluding carboxylic acids is 2. The summed E-state index contributed by atoms with van der Waals surface area (Å²) >= 11 is 0. The Morgan fingerprint density at radius 1 is 0.773 bits per heavy atom. The molecule has 0 saturated heterocycles. The zero-order chi connectivity index (χ0) is 16.3. The molecule has 0 unspecified atom stereocenters. The molecule has 0 amide bonds. The van der Waals surface area contributed by atoms with Crippen LogP contribution < -0.4 is 0 Å². The van der Waals surface area contributed by atoms with E-state index in [-0.39, 0.29) is 22.6 Å². The normalized spacial score (nSPS) is 10.1. The average molecular weight is 302 g/mol. The summed E-state index contributed by atoms with van der Waals surface area (Å²) in [6.45, 7) is 3.23. The minimum absolute atomic E-state index is 0.124. The minimum Gasteiger partial charge on any atom is -0.507 e. The zero-order valence-electron chi connectivity index (χ0n) is 12.0. The SMILES string of the molecule is Cc1cccc(C(=O)OOC(=O)c2cccc(C)c2O)c1O. The lowest BCUT2D eigenvalue weighted by atomic mass is 10.1. The van der Waals surface area contributed by atoms with Crippen LogP contribution in [0.15, 0.2) is 36.4 Å². The number of aryl methyl sites for hydroxylation is 2. The molecule has 0 spiro atoms. The summed E-state index contributed by atoms with van der Waals surface area (Å²) in [7, 11) is 0. The zero-order valence-corrected chi connectivity index (χ0v) is 12.0. The minimum atomic E-state index is -1.01. The van der Waals surface area contributed by atoms with Gasteiger partial charge in [-0.05, 0) is 37.1 Å². The quantitative estimate of drug-likeness (QED) is 0.654. The highest BCUT2D eigenvalue weighted by Crippen LogP contribution is 2.24. The molecule has 114 valence electrons. The van der Waals surface area contributed by atoms with Crippen LogP contribution in [-0.4, -0.2) is 22.2 Å². The molecule has 0 heterocycles. The third-order valence-corrected chi connectivity index (χ3v) is 3.11. The highest BCUT2D eigenvalue weighted by Gasteiger charge is 2.20. The van der Waals surface area contributed by atoms with Crippen molar-refractivity contribution < 1.29 is 29.6 Å². The number of rotatable bonds is 2. The van der Waals surface area contributed by atoms with Crippen molar-refractivity contribution in [2.45, 2.75) is 13.8 Å². The number of hydrogen-bond acceptors (Lipinski definition) is 6. The van der Waals surface area contributed by atoms with E-state index in [1.54, 1.807) is 38.1 Å². The number of carbonyl (C=O) groups is 2. The second kappa shape index (κ2) is 6.17. The second-order valence-electron chi connectivity index (χ2n) is 4.68. The molecule has 2 rings (SSSR count). The predicted octanol–water partition coefficient (Wildman–Crippen LogP) is 2.64. The van der Waals surface area contributed by atoms with Crippen LogP contribution in [0, 0.1) is 13.8 Å². The summed E-state index contributed by atoms with van der Waals surface area (Å²) in [5.74, 6) is -2.52. The van der Waals surface area contributed by atoms with E-state index in [0.717, 1.165) is 0 Å². The molecule has 0 aliphatic heterocycles. The first-order chi connectivity index (χ1) is 10.4. The first-order valence-corrected chi connectivity index (χ1v) is 6.42. The van der Waals surface area contributed by atoms with Gasteiger partial charge in [0.15, 0.2) is 0 Å². The van der Waals surface area contributed by atoms with Crippen molar-refractivity contribution in [1.82, 2.24) is 0 Å². The molecule has 2 aromatic carbocycles. The predicted molar refractivity (Wildman–Crippen MR) is 76.5 cm³/mol. The van der Waals surface area contributed by atoms with Crippen molar-refractivity contribution in [3.8, 4) is 11.5 Å². The molecular weight excluding hydrogens is 288 g/mol. The number of benzene rings is 2. The highest BCUT2D eigenvalue weighted by molar-refractivity contribution is 5.95. The van der Waals surface area contributed by atoms with Gasteiger partial charge in [0.05, 0.1) is 0 Å². The fourth-order valence-corrected chi connectivity index (χ4v) is 1.81. The van der Waals surface area contributed by atoms with Gasteiger partial charge in [-0.3, -0.25) is 0 Å². The first-order valence-electron chi connectivity index (χ1n) is 6.42. The molecule has 0 bridgehead atoms. The number of phenols is 2. The molecule has 2 aromatic rings. The van der Waals surface area contributed by atoms with Gasteiger partial charge in [-0.2, -0.15) is 0 Å². The van der Waals surface area contributed by atoms with Gasteiger partial charge in [0.1, 0.15) is 22.6 Å². The number of para-hydroxylation sites is 2. The maximum Gasteiger partial charge on any atom is 0.390 e. The van der Waals surface area contributed by atoms with Crippen molar-refractivity contribution in [1.29, 1.82) is 0 Å². The molecule has 0 radical (unpaired) electrons. The maximum atomic E-state index is 11.8. The summed E-state index contributed by atoms with van der Waals surface area (Å²) in [6.07, 6.45) is 0. The Balaban J connectivity index is 2.09. The molecule has 0 atom stereocenters. The van der Waals surface area contributed by atoms with Crippen molar-refractivity contribution in [3.63, 3.8) is 0 Å². The Morgan fingerprint density at radius 3 is 1.50 bits per heavy atom. The molecule has 0 saturated carbocycles. The lowest BCUT2D eigenvalue weighted by Gasteiger charge is -2.07. The lowest BCUT2D eigenvalue weighted by molar-refractivity contribution is -0.187. The molecule has 0 aromatic heterocycles. The molecule has 6 heteroatoms. The van der Waals surface area contributed by atoms with Gasteiger partial charge in [0, 0.05) is 0 Å². The summed E-state index contributed by atoms with van der Waals surface area (Å²) in [5.41, 5.74) is 0.719. The van der Waals surface area contributed by atoms with E-state index in [4.69, 9.17) is 0 Å². The Kier molecular flexibility index (Phi) is 4.31.